The van der Waals surface area contributed by atoms with Gasteiger partial charge in [0.05, 0.1) is 15.7 Å². The van der Waals surface area contributed by atoms with E-state index in [0.717, 1.165) is 38.3 Å². The molecule has 1 aliphatic heterocycles. The number of rotatable bonds is 4. The molecule has 3 nitrogen and oxygen atoms in total. The number of anilines is 1. The molecule has 1 saturated heterocycles. The van der Waals surface area contributed by atoms with Crippen molar-refractivity contribution in [2.45, 2.75) is 19.9 Å². The summed E-state index contributed by atoms with van der Waals surface area (Å²) in [7, 11) is 0. The van der Waals surface area contributed by atoms with E-state index in [4.69, 9.17) is 28.9 Å². The number of benzene rings is 1. The van der Waals surface area contributed by atoms with E-state index >= 15 is 0 Å². The van der Waals surface area contributed by atoms with Gasteiger partial charge < -0.3 is 10.6 Å². The number of piperazine rings is 1. The highest BCUT2D eigenvalue weighted by atomic mass is 35.5. The smallest absolute Gasteiger partial charge is 0.0693 e. The van der Waals surface area contributed by atoms with Gasteiger partial charge in [0.25, 0.3) is 0 Å². The molecule has 1 heterocycles. The van der Waals surface area contributed by atoms with Crippen molar-refractivity contribution in [3.63, 3.8) is 0 Å². The maximum atomic E-state index is 6.07. The third kappa shape index (κ3) is 3.99. The Hall–Kier alpha value is -0.480. The molecule has 0 saturated carbocycles. The minimum Gasteiger partial charge on any atom is -0.396 e. The van der Waals surface area contributed by atoms with Gasteiger partial charge in [-0.25, -0.2) is 0 Å². The second-order valence-electron chi connectivity index (χ2n) is 5.09. The largest absolute Gasteiger partial charge is 0.396 e. The SMILES string of the molecule is CCCN1CCN(Cc2cc(Cl)c(N)c(Cl)c2)CC1. The van der Waals surface area contributed by atoms with Crippen LogP contribution in [0.3, 0.4) is 0 Å². The van der Waals surface area contributed by atoms with Gasteiger partial charge in [0.1, 0.15) is 0 Å². The summed E-state index contributed by atoms with van der Waals surface area (Å²) in [6, 6.07) is 3.84. The zero-order chi connectivity index (χ0) is 13.8. The van der Waals surface area contributed by atoms with Crippen LogP contribution in [0, 0.1) is 0 Å². The third-order valence-corrected chi connectivity index (χ3v) is 4.18. The molecule has 0 atom stereocenters. The summed E-state index contributed by atoms with van der Waals surface area (Å²) in [5.74, 6) is 0. The molecule has 106 valence electrons. The van der Waals surface area contributed by atoms with E-state index in [0.29, 0.717) is 15.7 Å². The fourth-order valence-electron chi connectivity index (χ4n) is 2.47. The summed E-state index contributed by atoms with van der Waals surface area (Å²) in [4.78, 5) is 4.95. The van der Waals surface area contributed by atoms with Crippen molar-refractivity contribution in [2.75, 3.05) is 38.5 Å². The molecular weight excluding hydrogens is 281 g/mol. The molecular formula is C14H21Cl2N3. The Morgan fingerprint density at radius 1 is 1.05 bits per heavy atom. The Balaban J connectivity index is 1.92. The summed E-state index contributed by atoms with van der Waals surface area (Å²) in [5.41, 5.74) is 7.36. The summed E-state index contributed by atoms with van der Waals surface area (Å²) in [6.45, 7) is 8.80. The lowest BCUT2D eigenvalue weighted by atomic mass is 10.1. The van der Waals surface area contributed by atoms with Crippen molar-refractivity contribution in [2.24, 2.45) is 0 Å². The van der Waals surface area contributed by atoms with Gasteiger partial charge in [-0.1, -0.05) is 30.1 Å². The van der Waals surface area contributed by atoms with Gasteiger partial charge in [-0.05, 0) is 30.7 Å². The van der Waals surface area contributed by atoms with Crippen LogP contribution < -0.4 is 5.73 Å². The quantitative estimate of drug-likeness (QED) is 0.868. The molecule has 0 unspecified atom stereocenters. The van der Waals surface area contributed by atoms with Gasteiger partial charge in [0.2, 0.25) is 0 Å². The fourth-order valence-corrected chi connectivity index (χ4v) is 3.01. The van der Waals surface area contributed by atoms with E-state index in [2.05, 4.69) is 16.7 Å². The van der Waals surface area contributed by atoms with E-state index in [-0.39, 0.29) is 0 Å². The fraction of sp³-hybridized carbons (Fsp3) is 0.571. The van der Waals surface area contributed by atoms with Crippen LogP contribution in [0.4, 0.5) is 5.69 Å². The first-order valence-corrected chi connectivity index (χ1v) is 7.54. The maximum absolute atomic E-state index is 6.07. The predicted molar refractivity (Wildman–Crippen MR) is 82.9 cm³/mol. The van der Waals surface area contributed by atoms with Crippen molar-refractivity contribution in [1.29, 1.82) is 0 Å². The Kier molecular flexibility index (Phi) is 5.34. The third-order valence-electron chi connectivity index (χ3n) is 3.55. The summed E-state index contributed by atoms with van der Waals surface area (Å²) in [5, 5.41) is 1.10. The van der Waals surface area contributed by atoms with Crippen LogP contribution in [0.5, 0.6) is 0 Å². The number of hydrogen-bond donors (Lipinski definition) is 1. The standard InChI is InChI=1S/C14H21Cl2N3/c1-2-3-18-4-6-19(7-5-18)10-11-8-12(15)14(17)13(16)9-11/h8-9H,2-7,10,17H2,1H3. The van der Waals surface area contributed by atoms with Gasteiger partial charge in [-0.3, -0.25) is 4.90 Å². The van der Waals surface area contributed by atoms with Crippen LogP contribution in [0.25, 0.3) is 0 Å². The number of nitrogens with two attached hydrogens (primary N) is 1. The zero-order valence-electron chi connectivity index (χ0n) is 11.3. The predicted octanol–water partition coefficient (Wildman–Crippen LogP) is 3.10. The van der Waals surface area contributed by atoms with E-state index in [9.17, 15) is 0 Å². The molecule has 1 fully saturated rings. The molecule has 0 amide bonds. The average Bonchev–Trinajstić information content (AvgIpc) is 2.38. The highest BCUT2D eigenvalue weighted by molar-refractivity contribution is 6.38. The summed E-state index contributed by atoms with van der Waals surface area (Å²) in [6.07, 6.45) is 1.23. The molecule has 5 heteroatoms. The Morgan fingerprint density at radius 3 is 2.11 bits per heavy atom. The van der Waals surface area contributed by atoms with Gasteiger partial charge in [0, 0.05) is 32.7 Å². The molecule has 1 aromatic rings. The van der Waals surface area contributed by atoms with Gasteiger partial charge in [0.15, 0.2) is 0 Å². The van der Waals surface area contributed by atoms with Crippen molar-refractivity contribution >= 4 is 28.9 Å². The molecule has 0 aliphatic carbocycles. The molecule has 0 aromatic heterocycles. The molecule has 2 N–H and O–H groups in total. The number of halogens is 2. The Labute approximate surface area is 125 Å². The van der Waals surface area contributed by atoms with E-state index in [1.165, 1.54) is 13.0 Å². The van der Waals surface area contributed by atoms with E-state index in [1.54, 1.807) is 0 Å². The van der Waals surface area contributed by atoms with Crippen LogP contribution in [-0.2, 0) is 6.54 Å². The molecule has 1 aliphatic rings. The molecule has 1 aromatic carbocycles. The minimum absolute atomic E-state index is 0.472. The molecule has 19 heavy (non-hydrogen) atoms. The lowest BCUT2D eigenvalue weighted by molar-refractivity contribution is 0.127. The lowest BCUT2D eigenvalue weighted by Gasteiger charge is -2.34. The van der Waals surface area contributed by atoms with E-state index < -0.39 is 0 Å². The highest BCUT2D eigenvalue weighted by Crippen LogP contribution is 2.29. The van der Waals surface area contributed by atoms with Gasteiger partial charge >= 0.3 is 0 Å². The molecule has 0 radical (unpaired) electrons. The van der Waals surface area contributed by atoms with Crippen LogP contribution in [0.2, 0.25) is 10.0 Å². The van der Waals surface area contributed by atoms with Crippen molar-refractivity contribution in [1.82, 2.24) is 9.80 Å². The Morgan fingerprint density at radius 2 is 1.58 bits per heavy atom. The zero-order valence-corrected chi connectivity index (χ0v) is 12.8. The first-order valence-electron chi connectivity index (χ1n) is 6.78. The van der Waals surface area contributed by atoms with Crippen LogP contribution in [0.15, 0.2) is 12.1 Å². The monoisotopic (exact) mass is 301 g/mol. The van der Waals surface area contributed by atoms with Crippen LogP contribution in [0.1, 0.15) is 18.9 Å². The van der Waals surface area contributed by atoms with Gasteiger partial charge in [-0.15, -0.1) is 0 Å². The van der Waals surface area contributed by atoms with Crippen LogP contribution in [-0.4, -0.2) is 42.5 Å². The second-order valence-corrected chi connectivity index (χ2v) is 5.91. The van der Waals surface area contributed by atoms with Crippen molar-refractivity contribution in [3.8, 4) is 0 Å². The number of nitrogens with zero attached hydrogens (tertiary/aromatic N) is 2. The van der Waals surface area contributed by atoms with Crippen molar-refractivity contribution < 1.29 is 0 Å². The highest BCUT2D eigenvalue weighted by Gasteiger charge is 2.16. The maximum Gasteiger partial charge on any atom is 0.0693 e. The summed E-state index contributed by atoms with van der Waals surface area (Å²) >= 11 is 12.1. The number of nitrogen functional groups attached to an aromatic ring is 1. The molecule has 0 spiro atoms. The first-order chi connectivity index (χ1) is 9.10. The number of hydrogen-bond acceptors (Lipinski definition) is 3. The minimum atomic E-state index is 0.472. The Bertz CT molecular complexity index is 406. The van der Waals surface area contributed by atoms with E-state index in [1.807, 2.05) is 12.1 Å². The second kappa shape index (κ2) is 6.80. The van der Waals surface area contributed by atoms with Gasteiger partial charge in [-0.2, -0.15) is 0 Å². The molecule has 0 bridgehead atoms. The normalized spacial score (nSPS) is 17.8. The summed E-state index contributed by atoms with van der Waals surface area (Å²) < 4.78 is 0. The topological polar surface area (TPSA) is 32.5 Å². The van der Waals surface area contributed by atoms with Crippen LogP contribution >= 0.6 is 23.2 Å². The average molecular weight is 302 g/mol. The van der Waals surface area contributed by atoms with Crippen molar-refractivity contribution in [3.05, 3.63) is 27.7 Å². The lowest BCUT2D eigenvalue weighted by Crippen LogP contribution is -2.45. The first kappa shape index (κ1) is 14.9. The molecule has 2 rings (SSSR count).